The Kier molecular flexibility index (Phi) is 3.58. The highest BCUT2D eigenvalue weighted by Gasteiger charge is 2.14. The van der Waals surface area contributed by atoms with E-state index in [1.54, 1.807) is 10.9 Å². The van der Waals surface area contributed by atoms with Gasteiger partial charge < -0.3 is 9.72 Å². The van der Waals surface area contributed by atoms with Crippen molar-refractivity contribution in [3.8, 4) is 5.82 Å². The molecule has 0 saturated carbocycles. The van der Waals surface area contributed by atoms with E-state index in [4.69, 9.17) is 0 Å². The molecule has 0 fully saturated rings. The molecule has 0 aromatic carbocycles. The van der Waals surface area contributed by atoms with Crippen molar-refractivity contribution in [1.29, 1.82) is 0 Å². The van der Waals surface area contributed by atoms with Crippen LogP contribution in [0, 0.1) is 0 Å². The third kappa shape index (κ3) is 2.48. The van der Waals surface area contributed by atoms with E-state index in [1.165, 1.54) is 0 Å². The lowest BCUT2D eigenvalue weighted by molar-refractivity contribution is 0.576. The maximum atomic E-state index is 4.68. The van der Waals surface area contributed by atoms with Crippen LogP contribution < -0.4 is 5.32 Å². The first kappa shape index (κ1) is 13.3. The zero-order chi connectivity index (χ0) is 14.1. The summed E-state index contributed by atoms with van der Waals surface area (Å²) in [4.78, 5) is 4.68. The Labute approximate surface area is 125 Å². The lowest BCUT2D eigenvalue weighted by Crippen LogP contribution is -2.23. The fraction of sp³-hybridized carbons (Fsp3) is 0.286. The maximum Gasteiger partial charge on any atom is 0.176 e. The monoisotopic (exact) mass is 333 g/mol. The predicted molar refractivity (Wildman–Crippen MR) is 82.0 cm³/mol. The van der Waals surface area contributed by atoms with E-state index in [0.717, 1.165) is 28.2 Å². The molecular formula is C14H16BrN5. The molecule has 3 rings (SSSR count). The number of imidazole rings is 1. The zero-order valence-corrected chi connectivity index (χ0v) is 13.0. The van der Waals surface area contributed by atoms with E-state index < -0.39 is 0 Å². The number of nitrogens with zero attached hydrogens (tertiary/aromatic N) is 4. The Morgan fingerprint density at radius 3 is 2.90 bits per heavy atom. The maximum absolute atomic E-state index is 4.68. The van der Waals surface area contributed by atoms with Crippen LogP contribution in [0.3, 0.4) is 0 Å². The molecule has 0 radical (unpaired) electrons. The smallest absolute Gasteiger partial charge is 0.176 e. The molecule has 20 heavy (non-hydrogen) atoms. The molecule has 1 N–H and O–H groups in total. The minimum Gasteiger partial charge on any atom is -0.309 e. The predicted octanol–water partition coefficient (Wildman–Crippen LogP) is 2.78. The van der Waals surface area contributed by atoms with Crippen LogP contribution in [-0.4, -0.2) is 25.2 Å². The number of hydrogen-bond donors (Lipinski definition) is 1. The first-order valence-electron chi connectivity index (χ1n) is 6.55. The molecule has 3 aromatic heterocycles. The van der Waals surface area contributed by atoms with E-state index in [9.17, 15) is 0 Å². The van der Waals surface area contributed by atoms with Gasteiger partial charge in [-0.3, -0.25) is 0 Å². The van der Waals surface area contributed by atoms with Gasteiger partial charge in [0.1, 0.15) is 5.65 Å². The summed E-state index contributed by atoms with van der Waals surface area (Å²) in [7, 11) is 0. The SMILES string of the molecule is CC(C)NCc1c(-n2cc(Br)cn2)nc2ccccn12. The van der Waals surface area contributed by atoms with Gasteiger partial charge in [0.2, 0.25) is 0 Å². The van der Waals surface area contributed by atoms with E-state index in [-0.39, 0.29) is 0 Å². The lowest BCUT2D eigenvalue weighted by Gasteiger charge is -2.09. The van der Waals surface area contributed by atoms with Gasteiger partial charge in [0, 0.05) is 25.0 Å². The fourth-order valence-electron chi connectivity index (χ4n) is 2.10. The number of halogens is 1. The number of rotatable bonds is 4. The first-order valence-corrected chi connectivity index (χ1v) is 7.34. The lowest BCUT2D eigenvalue weighted by atomic mass is 10.3. The Morgan fingerprint density at radius 2 is 2.20 bits per heavy atom. The molecule has 0 atom stereocenters. The fourth-order valence-corrected chi connectivity index (χ4v) is 2.38. The molecule has 0 spiro atoms. The molecule has 0 bridgehead atoms. The number of fused-ring (bicyclic) bond motifs is 1. The molecular weight excluding hydrogens is 318 g/mol. The Morgan fingerprint density at radius 1 is 1.35 bits per heavy atom. The van der Waals surface area contributed by atoms with Crippen molar-refractivity contribution < 1.29 is 0 Å². The van der Waals surface area contributed by atoms with Crippen LogP contribution in [0.2, 0.25) is 0 Å². The second-order valence-corrected chi connectivity index (χ2v) is 5.87. The summed E-state index contributed by atoms with van der Waals surface area (Å²) >= 11 is 3.43. The van der Waals surface area contributed by atoms with Gasteiger partial charge in [-0.15, -0.1) is 0 Å². The summed E-state index contributed by atoms with van der Waals surface area (Å²) < 4.78 is 4.84. The second kappa shape index (κ2) is 5.38. The highest BCUT2D eigenvalue weighted by Crippen LogP contribution is 2.18. The van der Waals surface area contributed by atoms with Crippen LogP contribution in [-0.2, 0) is 6.54 Å². The van der Waals surface area contributed by atoms with Crippen molar-refractivity contribution in [2.45, 2.75) is 26.4 Å². The summed E-state index contributed by atoms with van der Waals surface area (Å²) in [5.41, 5.74) is 2.03. The molecule has 0 saturated heterocycles. The standard InChI is InChI=1S/C14H16BrN5/c1-10(2)16-8-12-14(20-9-11(15)7-17-20)18-13-5-3-4-6-19(12)13/h3-7,9-10,16H,8H2,1-2H3. The third-order valence-corrected chi connectivity index (χ3v) is 3.46. The van der Waals surface area contributed by atoms with E-state index in [2.05, 4.69) is 49.6 Å². The van der Waals surface area contributed by atoms with E-state index in [1.807, 2.05) is 30.6 Å². The molecule has 3 heterocycles. The van der Waals surface area contributed by atoms with Crippen LogP contribution in [0.1, 0.15) is 19.5 Å². The summed E-state index contributed by atoms with van der Waals surface area (Å²) in [5, 5.41) is 7.78. The van der Waals surface area contributed by atoms with Gasteiger partial charge in [-0.2, -0.15) is 5.10 Å². The van der Waals surface area contributed by atoms with Gasteiger partial charge in [0.25, 0.3) is 0 Å². The average Bonchev–Trinajstić information content (AvgIpc) is 2.99. The number of hydrogen-bond acceptors (Lipinski definition) is 3. The summed E-state index contributed by atoms with van der Waals surface area (Å²) in [6, 6.07) is 6.42. The minimum absolute atomic E-state index is 0.418. The van der Waals surface area contributed by atoms with Gasteiger partial charge in [0.15, 0.2) is 5.82 Å². The zero-order valence-electron chi connectivity index (χ0n) is 11.4. The Hall–Kier alpha value is -1.66. The minimum atomic E-state index is 0.418. The summed E-state index contributed by atoms with van der Waals surface area (Å²) in [6.07, 6.45) is 5.71. The topological polar surface area (TPSA) is 47.2 Å². The molecule has 104 valence electrons. The largest absolute Gasteiger partial charge is 0.309 e. The van der Waals surface area contributed by atoms with Gasteiger partial charge in [-0.25, -0.2) is 9.67 Å². The van der Waals surface area contributed by atoms with Crippen molar-refractivity contribution in [1.82, 2.24) is 24.5 Å². The molecule has 0 unspecified atom stereocenters. The van der Waals surface area contributed by atoms with E-state index in [0.29, 0.717) is 6.04 Å². The van der Waals surface area contributed by atoms with Gasteiger partial charge >= 0.3 is 0 Å². The Balaban J connectivity index is 2.12. The normalized spacial score (nSPS) is 11.6. The average molecular weight is 334 g/mol. The molecule has 6 heteroatoms. The van der Waals surface area contributed by atoms with Crippen LogP contribution >= 0.6 is 15.9 Å². The quantitative estimate of drug-likeness (QED) is 0.798. The Bertz CT molecular complexity index is 728. The number of aromatic nitrogens is 4. The van der Waals surface area contributed by atoms with Crippen molar-refractivity contribution in [3.05, 3.63) is 47.0 Å². The van der Waals surface area contributed by atoms with Crippen molar-refractivity contribution in [3.63, 3.8) is 0 Å². The van der Waals surface area contributed by atoms with Gasteiger partial charge in [-0.1, -0.05) is 19.9 Å². The first-order chi connectivity index (χ1) is 9.65. The third-order valence-electron chi connectivity index (χ3n) is 3.05. The molecule has 0 amide bonds. The van der Waals surface area contributed by atoms with Gasteiger partial charge in [0.05, 0.1) is 16.4 Å². The molecule has 3 aromatic rings. The summed E-state index contributed by atoms with van der Waals surface area (Å²) in [6.45, 7) is 5.01. The van der Waals surface area contributed by atoms with Crippen LogP contribution in [0.15, 0.2) is 41.3 Å². The van der Waals surface area contributed by atoms with Crippen molar-refractivity contribution in [2.24, 2.45) is 0 Å². The van der Waals surface area contributed by atoms with Crippen molar-refractivity contribution in [2.75, 3.05) is 0 Å². The van der Waals surface area contributed by atoms with E-state index >= 15 is 0 Å². The number of pyridine rings is 1. The molecule has 0 aliphatic heterocycles. The van der Waals surface area contributed by atoms with Crippen LogP contribution in [0.4, 0.5) is 0 Å². The highest BCUT2D eigenvalue weighted by molar-refractivity contribution is 9.10. The highest BCUT2D eigenvalue weighted by atomic mass is 79.9. The molecule has 5 nitrogen and oxygen atoms in total. The van der Waals surface area contributed by atoms with Crippen LogP contribution in [0.25, 0.3) is 11.5 Å². The summed E-state index contributed by atoms with van der Waals surface area (Å²) in [5.74, 6) is 0.857. The van der Waals surface area contributed by atoms with Crippen LogP contribution in [0.5, 0.6) is 0 Å². The number of nitrogens with one attached hydrogen (secondary N) is 1. The van der Waals surface area contributed by atoms with Crippen molar-refractivity contribution >= 4 is 21.6 Å². The van der Waals surface area contributed by atoms with Gasteiger partial charge in [-0.05, 0) is 28.1 Å². The second-order valence-electron chi connectivity index (χ2n) is 4.95. The molecule has 0 aliphatic rings. The molecule has 0 aliphatic carbocycles.